The molecule has 2 nitrogen and oxygen atoms in total. The van der Waals surface area contributed by atoms with Crippen LogP contribution in [0.3, 0.4) is 0 Å². The lowest BCUT2D eigenvalue weighted by Gasteiger charge is -2.67. The molecule has 0 amide bonds. The summed E-state index contributed by atoms with van der Waals surface area (Å²) in [6.45, 7) is 6.41. The maximum atomic E-state index is 15.3. The first kappa shape index (κ1) is 19.2. The van der Waals surface area contributed by atoms with Crippen molar-refractivity contribution in [1.82, 2.24) is 9.88 Å². The molecular weight excluding hydrogens is 397 g/mol. The van der Waals surface area contributed by atoms with Crippen LogP contribution in [-0.4, -0.2) is 28.1 Å². The Kier molecular flexibility index (Phi) is 3.87. The van der Waals surface area contributed by atoms with Crippen molar-refractivity contribution < 1.29 is 13.2 Å². The number of aromatic amines is 1. The van der Waals surface area contributed by atoms with Gasteiger partial charge in [0.25, 0.3) is 0 Å². The molecule has 31 heavy (non-hydrogen) atoms. The minimum atomic E-state index is -0.997. The summed E-state index contributed by atoms with van der Waals surface area (Å²) in [5.41, 5.74) is 2.38. The summed E-state index contributed by atoms with van der Waals surface area (Å²) in [5, 5.41) is 1.10. The number of benzene rings is 2. The van der Waals surface area contributed by atoms with E-state index in [1.54, 1.807) is 0 Å². The van der Waals surface area contributed by atoms with Crippen molar-refractivity contribution in [2.75, 3.05) is 6.54 Å². The smallest absolute Gasteiger partial charge is 0.131 e. The molecule has 4 aliphatic rings. The van der Waals surface area contributed by atoms with Gasteiger partial charge in [-0.3, -0.25) is 4.90 Å². The van der Waals surface area contributed by atoms with Gasteiger partial charge < -0.3 is 4.98 Å². The highest BCUT2D eigenvalue weighted by molar-refractivity contribution is 5.85. The van der Waals surface area contributed by atoms with Crippen LogP contribution < -0.4 is 0 Å². The van der Waals surface area contributed by atoms with Crippen LogP contribution in [-0.2, 0) is 6.42 Å². The van der Waals surface area contributed by atoms with E-state index < -0.39 is 23.3 Å². The van der Waals surface area contributed by atoms with Crippen LogP contribution in [0.5, 0.6) is 0 Å². The van der Waals surface area contributed by atoms with Crippen LogP contribution in [0.25, 0.3) is 17.0 Å². The lowest BCUT2D eigenvalue weighted by Crippen LogP contribution is -2.68. The van der Waals surface area contributed by atoms with Crippen LogP contribution in [0.1, 0.15) is 54.6 Å². The second-order valence-corrected chi connectivity index (χ2v) is 9.97. The lowest BCUT2D eigenvalue weighted by atomic mass is 9.42. The summed E-state index contributed by atoms with van der Waals surface area (Å²) in [6.07, 6.45) is 3.94. The van der Waals surface area contributed by atoms with E-state index in [1.807, 2.05) is 18.2 Å². The Balaban J connectivity index is 1.52. The van der Waals surface area contributed by atoms with E-state index in [1.165, 1.54) is 18.2 Å². The molecule has 160 valence electrons. The summed E-state index contributed by atoms with van der Waals surface area (Å²) >= 11 is 0. The van der Waals surface area contributed by atoms with E-state index in [-0.39, 0.29) is 17.0 Å². The largest absolute Gasteiger partial charge is 0.357 e. The number of fused-ring (bicyclic) bond motifs is 3. The third kappa shape index (κ3) is 2.68. The average molecular weight is 422 g/mol. The fourth-order valence-electron chi connectivity index (χ4n) is 6.46. The number of aromatic nitrogens is 1. The number of H-pyrrole nitrogens is 1. The Labute approximate surface area is 179 Å². The molecule has 3 aromatic rings. The zero-order valence-electron chi connectivity index (χ0n) is 17.5. The third-order valence-electron chi connectivity index (χ3n) is 7.72. The van der Waals surface area contributed by atoms with Crippen molar-refractivity contribution in [1.29, 1.82) is 0 Å². The van der Waals surface area contributed by atoms with Crippen molar-refractivity contribution >= 4 is 17.0 Å². The van der Waals surface area contributed by atoms with Crippen LogP contribution in [0.2, 0.25) is 0 Å². The van der Waals surface area contributed by atoms with Gasteiger partial charge in [0.05, 0.1) is 6.04 Å². The average Bonchev–Trinajstić information content (AvgIpc) is 3.05. The lowest BCUT2D eigenvalue weighted by molar-refractivity contribution is -0.226. The maximum absolute atomic E-state index is 15.3. The van der Waals surface area contributed by atoms with Gasteiger partial charge in [-0.2, -0.15) is 0 Å². The standard InChI is InChI=1S/C26H25F3N2/c1-3-16-9-19(27)22(20(28)10-16)24-23-18(17-6-4-5-7-21(17)30-23)8-15(2)31(24)14-25-11-26(29,12-25)13-25/h3-7,9-10,15,24,30H,1,8,11-14H2,2H3. The summed E-state index contributed by atoms with van der Waals surface area (Å²) in [7, 11) is 0. The molecule has 7 rings (SSSR count). The summed E-state index contributed by atoms with van der Waals surface area (Å²) < 4.78 is 44.9. The minimum absolute atomic E-state index is 0.0568. The van der Waals surface area contributed by atoms with Crippen molar-refractivity contribution in [3.8, 4) is 0 Å². The highest BCUT2D eigenvalue weighted by atomic mass is 19.1. The van der Waals surface area contributed by atoms with Crippen LogP contribution >= 0.6 is 0 Å². The Morgan fingerprint density at radius 2 is 1.84 bits per heavy atom. The number of halogens is 3. The van der Waals surface area contributed by atoms with E-state index >= 15 is 8.78 Å². The van der Waals surface area contributed by atoms with E-state index in [4.69, 9.17) is 0 Å². The first-order valence-electron chi connectivity index (χ1n) is 11.0. The van der Waals surface area contributed by atoms with E-state index in [2.05, 4.69) is 29.5 Å². The molecule has 0 saturated heterocycles. The summed E-state index contributed by atoms with van der Waals surface area (Å²) in [6, 6.07) is 10.2. The molecule has 2 atom stereocenters. The van der Waals surface area contributed by atoms with Gasteiger partial charge in [0.15, 0.2) is 0 Å². The van der Waals surface area contributed by atoms with Gasteiger partial charge in [-0.05, 0) is 67.3 Å². The van der Waals surface area contributed by atoms with Gasteiger partial charge in [0.1, 0.15) is 17.3 Å². The molecule has 3 fully saturated rings. The predicted molar refractivity (Wildman–Crippen MR) is 117 cm³/mol. The fourth-order valence-corrected chi connectivity index (χ4v) is 6.46. The molecular formula is C26H25F3N2. The molecule has 2 bridgehead atoms. The van der Waals surface area contributed by atoms with Crippen LogP contribution in [0, 0.1) is 17.0 Å². The second-order valence-electron chi connectivity index (χ2n) is 9.97. The van der Waals surface area contributed by atoms with E-state index in [9.17, 15) is 4.39 Å². The predicted octanol–water partition coefficient (Wildman–Crippen LogP) is 6.32. The normalized spacial score (nSPS) is 31.7. The Morgan fingerprint density at radius 3 is 2.48 bits per heavy atom. The molecule has 0 radical (unpaired) electrons. The Hall–Kier alpha value is -2.53. The molecule has 2 heterocycles. The van der Waals surface area contributed by atoms with E-state index in [0.717, 1.165) is 28.6 Å². The molecule has 1 aromatic heterocycles. The van der Waals surface area contributed by atoms with Gasteiger partial charge >= 0.3 is 0 Å². The van der Waals surface area contributed by atoms with E-state index in [0.29, 0.717) is 31.4 Å². The number of alkyl halides is 1. The number of hydrogen-bond acceptors (Lipinski definition) is 1. The highest BCUT2D eigenvalue weighted by Crippen LogP contribution is 2.70. The molecule has 1 N–H and O–H groups in total. The summed E-state index contributed by atoms with van der Waals surface area (Å²) in [4.78, 5) is 5.67. The van der Waals surface area contributed by atoms with Crippen molar-refractivity contribution in [3.63, 3.8) is 0 Å². The van der Waals surface area contributed by atoms with Gasteiger partial charge in [0, 0.05) is 34.7 Å². The van der Waals surface area contributed by atoms with Crippen molar-refractivity contribution in [2.24, 2.45) is 5.41 Å². The highest BCUT2D eigenvalue weighted by Gasteiger charge is 2.69. The number of nitrogens with one attached hydrogen (secondary N) is 1. The molecule has 0 spiro atoms. The minimum Gasteiger partial charge on any atom is -0.357 e. The zero-order chi connectivity index (χ0) is 21.5. The van der Waals surface area contributed by atoms with Gasteiger partial charge in [0.2, 0.25) is 0 Å². The topological polar surface area (TPSA) is 19.0 Å². The first-order chi connectivity index (χ1) is 14.8. The number of nitrogens with zero attached hydrogens (tertiary/aromatic N) is 1. The zero-order valence-corrected chi connectivity index (χ0v) is 17.5. The molecule has 5 heteroatoms. The molecule has 3 saturated carbocycles. The quantitative estimate of drug-likeness (QED) is 0.521. The van der Waals surface area contributed by atoms with Crippen LogP contribution in [0.4, 0.5) is 13.2 Å². The third-order valence-corrected chi connectivity index (χ3v) is 7.72. The van der Waals surface area contributed by atoms with Crippen LogP contribution in [0.15, 0.2) is 43.0 Å². The second kappa shape index (κ2) is 6.26. The Bertz CT molecular complexity index is 1180. The van der Waals surface area contributed by atoms with Gasteiger partial charge in [-0.1, -0.05) is 30.9 Å². The monoisotopic (exact) mass is 422 g/mol. The maximum Gasteiger partial charge on any atom is 0.131 e. The Morgan fingerprint density at radius 1 is 1.16 bits per heavy atom. The van der Waals surface area contributed by atoms with Gasteiger partial charge in [-0.25, -0.2) is 13.2 Å². The SMILES string of the molecule is C=Cc1cc(F)c(C2c3[nH]c4ccccc4c3CC(C)N2CC23CC(F)(C2)C3)c(F)c1. The number of hydrogen-bond donors (Lipinski definition) is 1. The first-order valence-corrected chi connectivity index (χ1v) is 11.0. The molecule has 2 aromatic carbocycles. The fraction of sp³-hybridized carbons (Fsp3) is 0.385. The van der Waals surface area contributed by atoms with Gasteiger partial charge in [-0.15, -0.1) is 0 Å². The van der Waals surface area contributed by atoms with Crippen molar-refractivity contribution in [2.45, 2.75) is 50.4 Å². The van der Waals surface area contributed by atoms with Crippen molar-refractivity contribution in [3.05, 3.63) is 77.0 Å². The molecule has 1 aliphatic heterocycles. The molecule has 2 unspecified atom stereocenters. The number of para-hydroxylation sites is 1. The summed E-state index contributed by atoms with van der Waals surface area (Å²) in [5.74, 6) is -1.13. The number of rotatable bonds is 4. The molecule has 3 aliphatic carbocycles.